The Morgan fingerprint density at radius 1 is 1.05 bits per heavy atom. The number of rotatable bonds is 8. The Morgan fingerprint density at radius 2 is 1.78 bits per heavy atom. The van der Waals surface area contributed by atoms with Gasteiger partial charge in [-0.05, 0) is 72.3 Å². The van der Waals surface area contributed by atoms with Crippen molar-refractivity contribution in [1.29, 1.82) is 0 Å². The van der Waals surface area contributed by atoms with Crippen molar-refractivity contribution in [3.8, 4) is 11.5 Å². The summed E-state index contributed by atoms with van der Waals surface area (Å²) in [4.78, 5) is 31.6. The molecule has 0 spiro atoms. The molecular formula is C28H25BrN2O5S. The van der Waals surface area contributed by atoms with E-state index in [2.05, 4.69) is 20.9 Å². The summed E-state index contributed by atoms with van der Waals surface area (Å²) >= 11 is 4.90. The third kappa shape index (κ3) is 6.23. The normalized spacial score (nSPS) is 15.4. The molecule has 1 fully saturated rings. The minimum Gasteiger partial charge on any atom is -0.493 e. The van der Waals surface area contributed by atoms with Crippen LogP contribution in [0.5, 0.6) is 11.5 Å². The molecule has 0 bridgehead atoms. The van der Waals surface area contributed by atoms with Crippen LogP contribution in [0.25, 0.3) is 6.08 Å². The minimum atomic E-state index is -0.414. The van der Waals surface area contributed by atoms with Crippen molar-refractivity contribution in [2.45, 2.75) is 13.5 Å². The maximum absolute atomic E-state index is 13.1. The van der Waals surface area contributed by atoms with E-state index in [1.807, 2.05) is 55.5 Å². The Morgan fingerprint density at radius 3 is 2.43 bits per heavy atom. The number of esters is 1. The molecule has 1 saturated heterocycles. The van der Waals surface area contributed by atoms with Gasteiger partial charge in [0.2, 0.25) is 0 Å². The molecule has 0 unspecified atom stereocenters. The summed E-state index contributed by atoms with van der Waals surface area (Å²) in [6.07, 6.45) is 1.81. The van der Waals surface area contributed by atoms with Gasteiger partial charge in [-0.25, -0.2) is 9.79 Å². The van der Waals surface area contributed by atoms with E-state index in [9.17, 15) is 9.59 Å². The lowest BCUT2D eigenvalue weighted by molar-refractivity contribution is -0.122. The quantitative estimate of drug-likeness (QED) is 0.225. The molecule has 7 nitrogen and oxygen atoms in total. The lowest BCUT2D eigenvalue weighted by atomic mass is 10.1. The summed E-state index contributed by atoms with van der Waals surface area (Å²) in [5.74, 6) is 0.613. The van der Waals surface area contributed by atoms with Gasteiger partial charge in [-0.15, -0.1) is 0 Å². The molecule has 0 N–H and O–H groups in total. The fourth-order valence-corrected chi connectivity index (χ4v) is 5.07. The molecule has 0 aromatic heterocycles. The Hall–Kier alpha value is -3.56. The predicted octanol–water partition coefficient (Wildman–Crippen LogP) is 6.45. The first-order valence-electron chi connectivity index (χ1n) is 11.5. The van der Waals surface area contributed by atoms with Gasteiger partial charge in [0.25, 0.3) is 5.91 Å². The van der Waals surface area contributed by atoms with Gasteiger partial charge in [0.1, 0.15) is 6.61 Å². The van der Waals surface area contributed by atoms with Crippen molar-refractivity contribution in [2.24, 2.45) is 4.99 Å². The van der Waals surface area contributed by atoms with Gasteiger partial charge in [-0.1, -0.05) is 46.3 Å². The standard InChI is InChI=1S/C28H25BrN2O5S/c1-4-31-26(32)25(37-28(31)30-21-12-10-19(11-13-21)27(33)35-3)15-20-14-23(34-2)24(16-22(20)29)36-17-18-8-6-5-7-9-18/h5-16H,4,17H2,1-3H3/b25-15+,30-28?. The van der Waals surface area contributed by atoms with Gasteiger partial charge in [-0.2, -0.15) is 0 Å². The number of likely N-dealkylation sites (N-methyl/N-ethyl adjacent to an activating group) is 1. The number of amidine groups is 1. The van der Waals surface area contributed by atoms with E-state index in [1.54, 1.807) is 36.3 Å². The number of amides is 1. The van der Waals surface area contributed by atoms with E-state index in [4.69, 9.17) is 14.2 Å². The molecule has 3 aromatic carbocycles. The average Bonchev–Trinajstić information content (AvgIpc) is 3.22. The smallest absolute Gasteiger partial charge is 0.337 e. The molecule has 4 rings (SSSR count). The molecule has 1 aliphatic rings. The Balaban J connectivity index is 1.57. The van der Waals surface area contributed by atoms with Crippen molar-refractivity contribution in [3.05, 3.63) is 92.8 Å². The molecule has 1 amide bonds. The van der Waals surface area contributed by atoms with E-state index in [0.29, 0.717) is 46.0 Å². The van der Waals surface area contributed by atoms with Crippen LogP contribution >= 0.6 is 27.7 Å². The zero-order chi connectivity index (χ0) is 26.4. The Labute approximate surface area is 228 Å². The van der Waals surface area contributed by atoms with Crippen LogP contribution in [-0.4, -0.2) is 42.7 Å². The monoisotopic (exact) mass is 580 g/mol. The molecule has 9 heteroatoms. The van der Waals surface area contributed by atoms with Crippen molar-refractivity contribution in [1.82, 2.24) is 4.90 Å². The second-order valence-electron chi connectivity index (χ2n) is 7.89. The number of carbonyl (C=O) groups excluding carboxylic acids is 2. The van der Waals surface area contributed by atoms with Gasteiger partial charge < -0.3 is 14.2 Å². The zero-order valence-corrected chi connectivity index (χ0v) is 23.0. The minimum absolute atomic E-state index is 0.132. The Bertz CT molecular complexity index is 1360. The summed E-state index contributed by atoms with van der Waals surface area (Å²) in [5.41, 5.74) is 2.89. The second kappa shape index (κ2) is 12.1. The van der Waals surface area contributed by atoms with E-state index in [0.717, 1.165) is 15.6 Å². The summed E-state index contributed by atoms with van der Waals surface area (Å²) in [5, 5.41) is 0.565. The number of thioether (sulfide) groups is 1. The van der Waals surface area contributed by atoms with Crippen molar-refractivity contribution in [2.75, 3.05) is 20.8 Å². The lowest BCUT2D eigenvalue weighted by Crippen LogP contribution is -2.28. The first-order valence-corrected chi connectivity index (χ1v) is 13.1. The topological polar surface area (TPSA) is 77.4 Å². The first-order chi connectivity index (χ1) is 17.9. The van der Waals surface area contributed by atoms with Crippen LogP contribution in [0, 0.1) is 0 Å². The number of nitrogens with zero attached hydrogens (tertiary/aromatic N) is 2. The van der Waals surface area contributed by atoms with Crippen LogP contribution in [0.3, 0.4) is 0 Å². The number of carbonyl (C=O) groups is 2. The predicted molar refractivity (Wildman–Crippen MR) is 149 cm³/mol. The molecule has 3 aromatic rings. The molecule has 0 saturated carbocycles. The lowest BCUT2D eigenvalue weighted by Gasteiger charge is -2.13. The van der Waals surface area contributed by atoms with Gasteiger partial charge in [-0.3, -0.25) is 9.69 Å². The number of aliphatic imine (C=N–C) groups is 1. The van der Waals surface area contributed by atoms with Crippen LogP contribution in [0.2, 0.25) is 0 Å². The van der Waals surface area contributed by atoms with E-state index >= 15 is 0 Å². The van der Waals surface area contributed by atoms with Crippen molar-refractivity contribution < 1.29 is 23.8 Å². The van der Waals surface area contributed by atoms with E-state index in [-0.39, 0.29) is 5.91 Å². The first kappa shape index (κ1) is 26.5. The summed E-state index contributed by atoms with van der Waals surface area (Å²) in [6.45, 7) is 2.78. The van der Waals surface area contributed by atoms with Crippen LogP contribution in [0.15, 0.2) is 81.1 Å². The second-order valence-corrected chi connectivity index (χ2v) is 9.76. The molecule has 0 atom stereocenters. The molecule has 190 valence electrons. The largest absolute Gasteiger partial charge is 0.493 e. The maximum atomic E-state index is 13.1. The molecule has 37 heavy (non-hydrogen) atoms. The van der Waals surface area contributed by atoms with Gasteiger partial charge in [0.05, 0.1) is 30.4 Å². The van der Waals surface area contributed by atoms with Gasteiger partial charge in [0.15, 0.2) is 16.7 Å². The molecule has 0 aliphatic carbocycles. The van der Waals surface area contributed by atoms with Crippen LogP contribution in [-0.2, 0) is 16.1 Å². The number of hydrogen-bond donors (Lipinski definition) is 0. The van der Waals surface area contributed by atoms with Gasteiger partial charge in [0, 0.05) is 11.0 Å². The van der Waals surface area contributed by atoms with Crippen LogP contribution in [0.4, 0.5) is 5.69 Å². The highest BCUT2D eigenvalue weighted by Crippen LogP contribution is 2.39. The number of ether oxygens (including phenoxy) is 3. The summed E-state index contributed by atoms with van der Waals surface area (Å²) in [6, 6.07) is 20.3. The van der Waals surface area contributed by atoms with Gasteiger partial charge >= 0.3 is 5.97 Å². The highest BCUT2D eigenvalue weighted by molar-refractivity contribution is 9.10. The SMILES string of the molecule is CCN1C(=O)/C(=C\c2cc(OC)c(OCc3ccccc3)cc2Br)SC1=Nc1ccc(C(=O)OC)cc1. The van der Waals surface area contributed by atoms with Crippen LogP contribution in [0.1, 0.15) is 28.4 Å². The summed E-state index contributed by atoms with van der Waals surface area (Å²) < 4.78 is 17.1. The maximum Gasteiger partial charge on any atom is 0.337 e. The number of methoxy groups -OCH3 is 2. The van der Waals surface area contributed by atoms with Crippen molar-refractivity contribution in [3.63, 3.8) is 0 Å². The van der Waals surface area contributed by atoms with E-state index < -0.39 is 5.97 Å². The molecule has 1 heterocycles. The third-order valence-corrected chi connectivity index (χ3v) is 7.22. The number of hydrogen-bond acceptors (Lipinski definition) is 7. The zero-order valence-electron chi connectivity index (χ0n) is 20.6. The fraction of sp³-hybridized carbons (Fsp3) is 0.179. The number of halogens is 1. The molecular weight excluding hydrogens is 556 g/mol. The number of benzene rings is 3. The average molecular weight is 581 g/mol. The highest BCUT2D eigenvalue weighted by Gasteiger charge is 2.32. The summed E-state index contributed by atoms with van der Waals surface area (Å²) in [7, 11) is 2.92. The van der Waals surface area contributed by atoms with E-state index in [1.165, 1.54) is 18.9 Å². The van der Waals surface area contributed by atoms with Crippen molar-refractivity contribution >= 4 is 56.5 Å². The molecule has 1 aliphatic heterocycles. The molecule has 0 radical (unpaired) electrons. The third-order valence-electron chi connectivity index (χ3n) is 5.52. The fourth-order valence-electron chi connectivity index (χ4n) is 3.58. The highest BCUT2D eigenvalue weighted by atomic mass is 79.9. The van der Waals surface area contributed by atoms with Crippen LogP contribution < -0.4 is 9.47 Å². The Kier molecular flexibility index (Phi) is 8.68.